The maximum Gasteiger partial charge on any atom is 0.357 e. The van der Waals surface area contributed by atoms with Crippen molar-refractivity contribution in [2.75, 3.05) is 6.61 Å². The lowest BCUT2D eigenvalue weighted by molar-refractivity contribution is 0.0521. The van der Waals surface area contributed by atoms with E-state index in [4.69, 9.17) is 4.74 Å². The van der Waals surface area contributed by atoms with Gasteiger partial charge in [0.1, 0.15) is 0 Å². The van der Waals surface area contributed by atoms with Crippen LogP contribution < -0.4 is 0 Å². The maximum atomic E-state index is 12.3. The van der Waals surface area contributed by atoms with Crippen LogP contribution in [0.15, 0.2) is 60.8 Å². The second kappa shape index (κ2) is 5.94. The predicted molar refractivity (Wildman–Crippen MR) is 94.9 cm³/mol. The Morgan fingerprint density at radius 1 is 1.12 bits per heavy atom. The highest BCUT2D eigenvalue weighted by Gasteiger charge is 2.27. The Morgan fingerprint density at radius 2 is 1.84 bits per heavy atom. The number of ether oxygens (including phenoxy) is 1. The Hall–Kier alpha value is -3.34. The minimum Gasteiger partial charge on any atom is -0.461 e. The van der Waals surface area contributed by atoms with Gasteiger partial charge in [0.2, 0.25) is 0 Å². The van der Waals surface area contributed by atoms with E-state index in [-0.39, 0.29) is 12.3 Å². The third-order valence-corrected chi connectivity index (χ3v) is 4.21. The molecule has 1 N–H and O–H groups in total. The molecule has 0 fully saturated rings. The van der Waals surface area contributed by atoms with E-state index >= 15 is 0 Å². The Kier molecular flexibility index (Phi) is 3.61. The lowest BCUT2D eigenvalue weighted by atomic mass is 9.96. The number of hydrogen-bond acceptors (Lipinski definition) is 4. The van der Waals surface area contributed by atoms with Crippen molar-refractivity contribution < 1.29 is 14.7 Å². The van der Waals surface area contributed by atoms with Crippen molar-refractivity contribution in [3.63, 3.8) is 0 Å². The molecule has 0 saturated heterocycles. The van der Waals surface area contributed by atoms with Crippen LogP contribution >= 0.6 is 0 Å². The molecule has 25 heavy (non-hydrogen) atoms. The molecule has 0 amide bonds. The average Bonchev–Trinajstić information content (AvgIpc) is 3.08. The second-order valence-corrected chi connectivity index (χ2v) is 5.66. The van der Waals surface area contributed by atoms with Gasteiger partial charge in [-0.15, -0.1) is 0 Å². The summed E-state index contributed by atoms with van der Waals surface area (Å²) in [5.41, 5.74) is 3.70. The summed E-state index contributed by atoms with van der Waals surface area (Å²) in [6.07, 6.45) is 1.61. The molecule has 4 rings (SSSR count). The summed E-state index contributed by atoms with van der Waals surface area (Å²) in [5, 5.41) is 11.6. The molecule has 0 aromatic heterocycles. The molecular weight excluding hydrogens is 316 g/mol. The summed E-state index contributed by atoms with van der Waals surface area (Å²) in [6, 6.07) is 16.9. The minimum atomic E-state index is -0.461. The molecular formula is C20H16N2O3. The summed E-state index contributed by atoms with van der Waals surface area (Å²) in [5.74, 6) is -0.461. The normalized spacial score (nSPS) is 11.1. The van der Waals surface area contributed by atoms with Crippen LogP contribution in [0.25, 0.3) is 33.3 Å². The molecule has 5 nitrogen and oxygen atoms in total. The summed E-state index contributed by atoms with van der Waals surface area (Å²) in [4.78, 5) is 16.6. The third-order valence-electron chi connectivity index (χ3n) is 4.21. The van der Waals surface area contributed by atoms with Gasteiger partial charge in [0.25, 0.3) is 0 Å². The van der Waals surface area contributed by atoms with Crippen LogP contribution in [0, 0.1) is 0 Å². The van der Waals surface area contributed by atoms with E-state index in [1.54, 1.807) is 13.1 Å². The van der Waals surface area contributed by atoms with E-state index in [9.17, 15) is 10.0 Å². The van der Waals surface area contributed by atoms with Gasteiger partial charge in [-0.1, -0.05) is 48.5 Å². The minimum absolute atomic E-state index is 0.269. The number of carbonyl (C=O) groups excluding carboxylic acids is 1. The number of esters is 1. The van der Waals surface area contributed by atoms with Crippen molar-refractivity contribution in [2.45, 2.75) is 6.92 Å². The molecule has 2 aliphatic rings. The monoisotopic (exact) mass is 332 g/mol. The van der Waals surface area contributed by atoms with Crippen LogP contribution in [0.2, 0.25) is 0 Å². The highest BCUT2D eigenvalue weighted by molar-refractivity contribution is 6.09. The molecule has 0 bridgehead atoms. The number of aromatic nitrogens is 2. The fraction of sp³-hybridized carbons (Fsp3) is 0.100. The van der Waals surface area contributed by atoms with Gasteiger partial charge in [0, 0.05) is 28.3 Å². The zero-order valence-corrected chi connectivity index (χ0v) is 13.6. The van der Waals surface area contributed by atoms with Crippen molar-refractivity contribution in [3.05, 3.63) is 66.5 Å². The second-order valence-electron chi connectivity index (χ2n) is 5.66. The lowest BCUT2D eigenvalue weighted by Crippen LogP contribution is -2.08. The zero-order valence-electron chi connectivity index (χ0n) is 13.6. The van der Waals surface area contributed by atoms with E-state index in [0.29, 0.717) is 22.3 Å². The highest BCUT2D eigenvalue weighted by Crippen LogP contribution is 2.41. The molecule has 0 aliphatic carbocycles. The Bertz CT molecular complexity index is 1040. The van der Waals surface area contributed by atoms with Crippen molar-refractivity contribution >= 4 is 16.9 Å². The fourth-order valence-electron chi connectivity index (χ4n) is 3.17. The van der Waals surface area contributed by atoms with Crippen molar-refractivity contribution in [3.8, 4) is 22.4 Å². The Labute approximate surface area is 144 Å². The summed E-state index contributed by atoms with van der Waals surface area (Å²) in [6.45, 7) is 2.04. The van der Waals surface area contributed by atoms with E-state index in [1.807, 2.05) is 54.6 Å². The molecule has 0 atom stereocenters. The molecule has 0 unspecified atom stereocenters. The summed E-state index contributed by atoms with van der Waals surface area (Å²) in [7, 11) is 0. The van der Waals surface area contributed by atoms with Crippen LogP contribution in [-0.2, 0) is 4.74 Å². The van der Waals surface area contributed by atoms with Gasteiger partial charge in [-0.05, 0) is 13.0 Å². The standard InChI is InChI=1S/C20H16N2O3/c1-2-25-20(23)18-17-14-10-6-7-11-16(14)22(24)19(15(17)12-21-18)13-8-4-3-5-9-13/h3-12,24H,2H2,1H3. The van der Waals surface area contributed by atoms with Gasteiger partial charge < -0.3 is 9.94 Å². The van der Waals surface area contributed by atoms with Crippen LogP contribution in [0.5, 0.6) is 0 Å². The van der Waals surface area contributed by atoms with Crippen molar-refractivity contribution in [1.82, 2.24) is 9.71 Å². The van der Waals surface area contributed by atoms with E-state index in [1.165, 1.54) is 0 Å². The van der Waals surface area contributed by atoms with Crippen LogP contribution in [0.3, 0.4) is 0 Å². The van der Waals surface area contributed by atoms with E-state index in [0.717, 1.165) is 15.7 Å². The largest absolute Gasteiger partial charge is 0.461 e. The van der Waals surface area contributed by atoms with Crippen LogP contribution in [0.4, 0.5) is 0 Å². The SMILES string of the molecule is CCOC(=O)c1ncc2c(-c3ccccc3)n(O)c3ccccc3c1-2. The molecule has 0 radical (unpaired) electrons. The number of para-hydroxylation sites is 1. The Morgan fingerprint density at radius 3 is 2.60 bits per heavy atom. The summed E-state index contributed by atoms with van der Waals surface area (Å²) >= 11 is 0. The number of hydrogen-bond donors (Lipinski definition) is 1. The number of carbonyl (C=O) groups is 1. The molecule has 0 spiro atoms. The molecule has 2 aliphatic heterocycles. The predicted octanol–water partition coefficient (Wildman–Crippen LogP) is 4.22. The van der Waals surface area contributed by atoms with Crippen LogP contribution in [-0.4, -0.2) is 27.5 Å². The highest BCUT2D eigenvalue weighted by atomic mass is 16.5. The van der Waals surface area contributed by atoms with Gasteiger partial charge >= 0.3 is 5.97 Å². The molecule has 2 aromatic carbocycles. The lowest BCUT2D eigenvalue weighted by Gasteiger charge is -2.17. The molecule has 124 valence electrons. The first-order chi connectivity index (χ1) is 12.2. The Balaban J connectivity index is 2.10. The smallest absolute Gasteiger partial charge is 0.357 e. The number of nitrogens with zero attached hydrogens (tertiary/aromatic N) is 2. The first-order valence-electron chi connectivity index (χ1n) is 8.06. The van der Waals surface area contributed by atoms with Gasteiger partial charge in [0.05, 0.1) is 17.8 Å². The first kappa shape index (κ1) is 15.2. The molecule has 2 aromatic rings. The van der Waals surface area contributed by atoms with Gasteiger partial charge in [-0.2, -0.15) is 4.73 Å². The number of rotatable bonds is 3. The van der Waals surface area contributed by atoms with Crippen molar-refractivity contribution in [2.24, 2.45) is 0 Å². The topological polar surface area (TPSA) is 64.3 Å². The quantitative estimate of drug-likeness (QED) is 0.450. The molecule has 0 saturated carbocycles. The zero-order chi connectivity index (χ0) is 17.4. The van der Waals surface area contributed by atoms with Gasteiger partial charge in [-0.3, -0.25) is 0 Å². The van der Waals surface area contributed by atoms with Gasteiger partial charge in [0.15, 0.2) is 5.69 Å². The average molecular weight is 332 g/mol. The van der Waals surface area contributed by atoms with E-state index < -0.39 is 5.97 Å². The maximum absolute atomic E-state index is 12.3. The number of pyridine rings is 1. The fourth-order valence-corrected chi connectivity index (χ4v) is 3.17. The third kappa shape index (κ3) is 2.32. The molecule has 2 heterocycles. The number of fused-ring (bicyclic) bond motifs is 3. The van der Waals surface area contributed by atoms with Crippen LogP contribution in [0.1, 0.15) is 17.4 Å². The number of benzene rings is 2. The first-order valence-corrected chi connectivity index (χ1v) is 8.06. The van der Waals surface area contributed by atoms with E-state index in [2.05, 4.69) is 4.98 Å². The molecule has 5 heteroatoms. The van der Waals surface area contributed by atoms with Gasteiger partial charge in [-0.25, -0.2) is 9.78 Å². The van der Waals surface area contributed by atoms with Crippen molar-refractivity contribution in [1.29, 1.82) is 0 Å². The summed E-state index contributed by atoms with van der Waals surface area (Å²) < 4.78 is 6.30.